The summed E-state index contributed by atoms with van der Waals surface area (Å²) in [5, 5.41) is 7.97. The van der Waals surface area contributed by atoms with E-state index in [2.05, 4.69) is 16.8 Å². The van der Waals surface area contributed by atoms with Gasteiger partial charge in [-0.2, -0.15) is 10.2 Å². The van der Waals surface area contributed by atoms with Crippen molar-refractivity contribution in [1.82, 2.24) is 10.2 Å². The zero-order valence-corrected chi connectivity index (χ0v) is 8.12. The van der Waals surface area contributed by atoms with E-state index in [-0.39, 0.29) is 6.04 Å². The summed E-state index contributed by atoms with van der Waals surface area (Å²) >= 11 is 0. The lowest BCUT2D eigenvalue weighted by atomic mass is 10.0. The quantitative estimate of drug-likeness (QED) is 0.714. The molecule has 1 rings (SSSR count). The molecule has 3 nitrogen and oxygen atoms in total. The van der Waals surface area contributed by atoms with E-state index in [9.17, 15) is 0 Å². The van der Waals surface area contributed by atoms with Crippen LogP contribution in [0.5, 0.6) is 0 Å². The Labute approximate surface area is 78.7 Å². The third kappa shape index (κ3) is 2.36. The van der Waals surface area contributed by atoms with Gasteiger partial charge < -0.3 is 5.73 Å². The van der Waals surface area contributed by atoms with E-state index in [4.69, 9.17) is 5.73 Å². The van der Waals surface area contributed by atoms with Crippen LogP contribution in [0, 0.1) is 13.8 Å². The SMILES string of the molecule is C=CCC(N)c1cc(C)nnc1C. The van der Waals surface area contributed by atoms with Gasteiger partial charge >= 0.3 is 0 Å². The maximum Gasteiger partial charge on any atom is 0.0648 e. The van der Waals surface area contributed by atoms with E-state index in [1.54, 1.807) is 0 Å². The monoisotopic (exact) mass is 177 g/mol. The molecule has 0 saturated carbocycles. The lowest BCUT2D eigenvalue weighted by Crippen LogP contribution is -2.12. The van der Waals surface area contributed by atoms with Gasteiger partial charge in [0.15, 0.2) is 0 Å². The minimum atomic E-state index is -0.00769. The Morgan fingerprint density at radius 3 is 2.85 bits per heavy atom. The second-order valence-electron chi connectivity index (χ2n) is 3.16. The van der Waals surface area contributed by atoms with Crippen molar-refractivity contribution < 1.29 is 0 Å². The van der Waals surface area contributed by atoms with Crippen molar-refractivity contribution in [2.45, 2.75) is 26.3 Å². The number of nitrogens with two attached hydrogens (primary N) is 1. The van der Waals surface area contributed by atoms with Crippen LogP contribution in [-0.2, 0) is 0 Å². The van der Waals surface area contributed by atoms with Crippen LogP contribution in [0.15, 0.2) is 18.7 Å². The fraction of sp³-hybridized carbons (Fsp3) is 0.400. The van der Waals surface area contributed by atoms with Gasteiger partial charge in [0.1, 0.15) is 0 Å². The molecule has 3 heteroatoms. The van der Waals surface area contributed by atoms with Gasteiger partial charge in [-0.05, 0) is 31.9 Å². The van der Waals surface area contributed by atoms with Crippen LogP contribution >= 0.6 is 0 Å². The lowest BCUT2D eigenvalue weighted by Gasteiger charge is -2.11. The molecule has 2 N–H and O–H groups in total. The van der Waals surface area contributed by atoms with Gasteiger partial charge in [-0.25, -0.2) is 0 Å². The van der Waals surface area contributed by atoms with Crippen molar-refractivity contribution in [1.29, 1.82) is 0 Å². The van der Waals surface area contributed by atoms with E-state index < -0.39 is 0 Å². The molecular weight excluding hydrogens is 162 g/mol. The van der Waals surface area contributed by atoms with E-state index in [0.717, 1.165) is 23.4 Å². The molecule has 1 heterocycles. The molecule has 0 radical (unpaired) electrons. The van der Waals surface area contributed by atoms with Crippen LogP contribution in [0.4, 0.5) is 0 Å². The number of nitrogens with zero attached hydrogens (tertiary/aromatic N) is 2. The topological polar surface area (TPSA) is 51.8 Å². The first-order valence-electron chi connectivity index (χ1n) is 4.32. The predicted octanol–water partition coefficient (Wildman–Crippen LogP) is 1.67. The average molecular weight is 177 g/mol. The maximum atomic E-state index is 5.94. The second-order valence-corrected chi connectivity index (χ2v) is 3.16. The Bertz CT molecular complexity index is 307. The van der Waals surface area contributed by atoms with Gasteiger partial charge in [0.2, 0.25) is 0 Å². The minimum Gasteiger partial charge on any atom is -0.324 e. The molecule has 0 amide bonds. The fourth-order valence-electron chi connectivity index (χ4n) is 1.25. The molecule has 1 atom stereocenters. The number of aromatic nitrogens is 2. The van der Waals surface area contributed by atoms with Crippen molar-refractivity contribution in [2.24, 2.45) is 5.73 Å². The summed E-state index contributed by atoms with van der Waals surface area (Å²) in [7, 11) is 0. The molecule has 0 aliphatic rings. The summed E-state index contributed by atoms with van der Waals surface area (Å²) in [6, 6.07) is 1.97. The van der Waals surface area contributed by atoms with Gasteiger partial charge in [0.25, 0.3) is 0 Å². The van der Waals surface area contributed by atoms with Crippen LogP contribution < -0.4 is 5.73 Å². The molecule has 0 fully saturated rings. The van der Waals surface area contributed by atoms with Gasteiger partial charge in [-0.3, -0.25) is 0 Å². The predicted molar refractivity (Wildman–Crippen MR) is 53.2 cm³/mol. The normalized spacial score (nSPS) is 12.5. The summed E-state index contributed by atoms with van der Waals surface area (Å²) in [4.78, 5) is 0. The summed E-state index contributed by atoms with van der Waals surface area (Å²) in [5.41, 5.74) is 8.80. The highest BCUT2D eigenvalue weighted by molar-refractivity contribution is 5.23. The largest absolute Gasteiger partial charge is 0.324 e. The van der Waals surface area contributed by atoms with E-state index in [1.807, 2.05) is 26.0 Å². The standard InChI is InChI=1S/C10H15N3/c1-4-5-10(11)9-6-7(2)12-13-8(9)3/h4,6,10H,1,5,11H2,2-3H3. The first-order valence-corrected chi connectivity index (χ1v) is 4.32. The molecule has 1 unspecified atom stereocenters. The second kappa shape index (κ2) is 4.14. The van der Waals surface area contributed by atoms with Crippen molar-refractivity contribution in [3.05, 3.63) is 35.7 Å². The summed E-state index contributed by atoms with van der Waals surface area (Å²) in [5.74, 6) is 0. The van der Waals surface area contributed by atoms with Crippen molar-refractivity contribution >= 4 is 0 Å². The number of rotatable bonds is 3. The zero-order valence-electron chi connectivity index (χ0n) is 8.12. The number of hydrogen-bond acceptors (Lipinski definition) is 3. The summed E-state index contributed by atoms with van der Waals surface area (Å²) in [6.45, 7) is 7.50. The Morgan fingerprint density at radius 2 is 2.23 bits per heavy atom. The highest BCUT2D eigenvalue weighted by atomic mass is 15.1. The Morgan fingerprint density at radius 1 is 1.54 bits per heavy atom. The van der Waals surface area contributed by atoms with Gasteiger partial charge in [0.05, 0.1) is 11.4 Å². The summed E-state index contributed by atoms with van der Waals surface area (Å²) in [6.07, 6.45) is 2.59. The zero-order chi connectivity index (χ0) is 9.84. The average Bonchev–Trinajstić information content (AvgIpc) is 2.09. The highest BCUT2D eigenvalue weighted by Crippen LogP contribution is 2.16. The van der Waals surface area contributed by atoms with E-state index >= 15 is 0 Å². The first kappa shape index (κ1) is 9.86. The van der Waals surface area contributed by atoms with Crippen molar-refractivity contribution in [2.75, 3.05) is 0 Å². The molecule has 0 spiro atoms. The van der Waals surface area contributed by atoms with Gasteiger partial charge in [0, 0.05) is 6.04 Å². The molecule has 0 aliphatic carbocycles. The fourth-order valence-corrected chi connectivity index (χ4v) is 1.25. The Balaban J connectivity index is 2.97. The summed E-state index contributed by atoms with van der Waals surface area (Å²) < 4.78 is 0. The molecule has 1 aromatic rings. The molecule has 13 heavy (non-hydrogen) atoms. The third-order valence-electron chi connectivity index (χ3n) is 1.96. The third-order valence-corrected chi connectivity index (χ3v) is 1.96. The van der Waals surface area contributed by atoms with Crippen LogP contribution in [0.1, 0.15) is 29.4 Å². The molecule has 0 bridgehead atoms. The van der Waals surface area contributed by atoms with Crippen molar-refractivity contribution in [3.63, 3.8) is 0 Å². The van der Waals surface area contributed by atoms with Crippen LogP contribution in [0.3, 0.4) is 0 Å². The van der Waals surface area contributed by atoms with Gasteiger partial charge in [-0.1, -0.05) is 6.08 Å². The molecular formula is C10H15N3. The number of aryl methyl sites for hydroxylation is 2. The molecule has 70 valence electrons. The maximum absolute atomic E-state index is 5.94. The van der Waals surface area contributed by atoms with Crippen molar-refractivity contribution in [3.8, 4) is 0 Å². The van der Waals surface area contributed by atoms with Gasteiger partial charge in [-0.15, -0.1) is 6.58 Å². The molecule has 0 aromatic carbocycles. The van der Waals surface area contributed by atoms with Crippen LogP contribution in [0.2, 0.25) is 0 Å². The Hall–Kier alpha value is -1.22. The lowest BCUT2D eigenvalue weighted by molar-refractivity contribution is 0.717. The number of hydrogen-bond donors (Lipinski definition) is 1. The molecule has 0 aliphatic heterocycles. The highest BCUT2D eigenvalue weighted by Gasteiger charge is 2.08. The van der Waals surface area contributed by atoms with E-state index in [1.165, 1.54) is 0 Å². The smallest absolute Gasteiger partial charge is 0.0648 e. The minimum absolute atomic E-state index is 0.00769. The molecule has 1 aromatic heterocycles. The van der Waals surface area contributed by atoms with E-state index in [0.29, 0.717) is 0 Å². The van der Waals surface area contributed by atoms with Crippen LogP contribution in [0.25, 0.3) is 0 Å². The first-order chi connectivity index (χ1) is 6.15. The Kier molecular flexibility index (Phi) is 3.14. The molecule has 0 saturated heterocycles. The van der Waals surface area contributed by atoms with Crippen LogP contribution in [-0.4, -0.2) is 10.2 Å².